The summed E-state index contributed by atoms with van der Waals surface area (Å²) in [5.74, 6) is 7.04. The maximum Gasteiger partial charge on any atom is 0.167 e. The summed E-state index contributed by atoms with van der Waals surface area (Å²) in [4.78, 5) is 14.2. The number of hydrogen-bond acceptors (Lipinski definition) is 9. The first-order valence-electron chi connectivity index (χ1n) is 15.5. The minimum atomic E-state index is -0.147. The average molecular weight is 622 g/mol. The summed E-state index contributed by atoms with van der Waals surface area (Å²) in [6, 6.07) is 15.1. The quantitative estimate of drug-likeness (QED) is 0.0955. The molecule has 0 aliphatic heterocycles. The van der Waals surface area contributed by atoms with Crippen LogP contribution in [0.15, 0.2) is 54.6 Å². The van der Waals surface area contributed by atoms with Crippen LogP contribution in [0.25, 0.3) is 34.2 Å². The van der Waals surface area contributed by atoms with Gasteiger partial charge in [0.05, 0.1) is 36.5 Å². The van der Waals surface area contributed by atoms with Crippen LogP contribution in [-0.4, -0.2) is 45.0 Å². The van der Waals surface area contributed by atoms with Gasteiger partial charge in [0, 0.05) is 24.1 Å². The number of hydrogen-bond donors (Lipinski definition) is 2. The van der Waals surface area contributed by atoms with E-state index < -0.39 is 0 Å². The lowest BCUT2D eigenvalue weighted by molar-refractivity contribution is 0.295. The monoisotopic (exact) mass is 621 g/mol. The second-order valence-corrected chi connectivity index (χ2v) is 10.4. The third-order valence-electron chi connectivity index (χ3n) is 6.83. The van der Waals surface area contributed by atoms with Gasteiger partial charge in [-0.2, -0.15) is 0 Å². The lowest BCUT2D eigenvalue weighted by atomic mass is 10.1. The van der Waals surface area contributed by atoms with Crippen LogP contribution in [0.5, 0.6) is 34.5 Å². The predicted molar refractivity (Wildman–Crippen MR) is 178 cm³/mol. The number of aromatic hydroxyl groups is 2. The Kier molecular flexibility index (Phi) is 12.5. The zero-order valence-corrected chi connectivity index (χ0v) is 26.5. The van der Waals surface area contributed by atoms with E-state index in [1.54, 1.807) is 24.3 Å². The van der Waals surface area contributed by atoms with Crippen molar-refractivity contribution < 1.29 is 29.2 Å². The SMILES string of the molecule is C#CC#COc1ccc(-c2nc(-c3ccc(OCCCC)cc3O)nc(-c3ccc(OCCCC)cc3OCCCC)n2)c(O)c1. The molecule has 0 atom stereocenters. The Morgan fingerprint density at radius 2 is 1.07 bits per heavy atom. The Balaban J connectivity index is 1.83. The van der Waals surface area contributed by atoms with Gasteiger partial charge in [-0.1, -0.05) is 40.0 Å². The van der Waals surface area contributed by atoms with Gasteiger partial charge < -0.3 is 29.2 Å². The summed E-state index contributed by atoms with van der Waals surface area (Å²) >= 11 is 0. The Morgan fingerprint density at radius 3 is 1.59 bits per heavy atom. The van der Waals surface area contributed by atoms with Crippen LogP contribution in [0.2, 0.25) is 0 Å². The molecule has 4 rings (SSSR count). The van der Waals surface area contributed by atoms with Gasteiger partial charge in [0.15, 0.2) is 17.5 Å². The van der Waals surface area contributed by atoms with Crippen molar-refractivity contribution in [3.05, 3.63) is 54.6 Å². The van der Waals surface area contributed by atoms with Gasteiger partial charge in [0.2, 0.25) is 0 Å². The van der Waals surface area contributed by atoms with Crippen molar-refractivity contribution in [1.82, 2.24) is 15.0 Å². The summed E-state index contributed by atoms with van der Waals surface area (Å²) in [5, 5.41) is 22.0. The Bertz CT molecular complexity index is 1720. The molecular formula is C37H39N3O6. The van der Waals surface area contributed by atoms with Crippen molar-refractivity contribution in [1.29, 1.82) is 0 Å². The van der Waals surface area contributed by atoms with Crippen molar-refractivity contribution in [3.63, 3.8) is 0 Å². The predicted octanol–water partition coefficient (Wildman–Crippen LogP) is 7.79. The molecule has 9 heteroatoms. The fourth-order valence-electron chi connectivity index (χ4n) is 4.30. The molecule has 0 unspecified atom stereocenters. The number of terminal acetylenes is 1. The third kappa shape index (κ3) is 9.06. The lowest BCUT2D eigenvalue weighted by Gasteiger charge is -2.15. The second-order valence-electron chi connectivity index (χ2n) is 10.4. The zero-order chi connectivity index (χ0) is 32.7. The highest BCUT2D eigenvalue weighted by atomic mass is 16.5. The topological polar surface area (TPSA) is 116 Å². The number of rotatable bonds is 16. The molecule has 0 saturated carbocycles. The molecule has 2 N–H and O–H groups in total. The maximum atomic E-state index is 11.0. The van der Waals surface area contributed by atoms with Crippen LogP contribution in [0.1, 0.15) is 59.3 Å². The first-order chi connectivity index (χ1) is 22.5. The van der Waals surface area contributed by atoms with Gasteiger partial charge in [0.25, 0.3) is 0 Å². The lowest BCUT2D eigenvalue weighted by Crippen LogP contribution is -2.04. The molecule has 0 bridgehead atoms. The minimum Gasteiger partial charge on any atom is -0.507 e. The zero-order valence-electron chi connectivity index (χ0n) is 26.5. The molecule has 3 aromatic carbocycles. The van der Waals surface area contributed by atoms with E-state index in [2.05, 4.69) is 43.7 Å². The molecule has 0 aliphatic rings. The standard InChI is InChI=1S/C37H39N3O6/c1-5-9-19-43-26-13-16-29(32(41)23-26)35-38-36(30-17-14-27(24-33(30)42)44-20-10-6-2)40-37(39-35)31-18-15-28(45-21-11-7-3)25-34(31)46-22-12-8-4/h1,13-18,23-25,41-42H,6-8,10-12,20-22H2,2-4H3. The van der Waals surface area contributed by atoms with Crippen LogP contribution < -0.4 is 18.9 Å². The van der Waals surface area contributed by atoms with Crippen molar-refractivity contribution in [2.75, 3.05) is 19.8 Å². The second kappa shape index (κ2) is 17.2. The first kappa shape index (κ1) is 33.5. The summed E-state index contributed by atoms with van der Waals surface area (Å²) in [6.45, 7) is 7.92. The molecule has 0 amide bonds. The fraction of sp³-hybridized carbons (Fsp3) is 0.324. The summed E-state index contributed by atoms with van der Waals surface area (Å²) in [5.41, 5.74) is 1.28. The molecule has 238 valence electrons. The number of phenolic OH excluding ortho intramolecular Hbond substituents is 2. The smallest absolute Gasteiger partial charge is 0.167 e. The van der Waals surface area contributed by atoms with Crippen molar-refractivity contribution in [2.24, 2.45) is 0 Å². The van der Waals surface area contributed by atoms with Crippen molar-refractivity contribution >= 4 is 0 Å². The highest BCUT2D eigenvalue weighted by Gasteiger charge is 2.20. The van der Waals surface area contributed by atoms with Gasteiger partial charge in [-0.05, 0) is 61.6 Å². The summed E-state index contributed by atoms with van der Waals surface area (Å²) in [6.07, 6.45) is 13.2. The van der Waals surface area contributed by atoms with Gasteiger partial charge in [0.1, 0.15) is 40.6 Å². The van der Waals surface area contributed by atoms with Crippen LogP contribution >= 0.6 is 0 Å². The first-order valence-corrected chi connectivity index (χ1v) is 15.5. The highest BCUT2D eigenvalue weighted by Crippen LogP contribution is 2.38. The largest absolute Gasteiger partial charge is 0.507 e. The molecule has 9 nitrogen and oxygen atoms in total. The molecule has 1 aromatic heterocycles. The molecule has 46 heavy (non-hydrogen) atoms. The molecule has 1 heterocycles. The number of phenols is 2. The van der Waals surface area contributed by atoms with Crippen LogP contribution in [0.4, 0.5) is 0 Å². The van der Waals surface area contributed by atoms with Crippen LogP contribution in [0, 0.1) is 24.4 Å². The van der Waals surface area contributed by atoms with Crippen LogP contribution in [-0.2, 0) is 0 Å². The molecule has 0 saturated heterocycles. The number of unbranched alkanes of at least 4 members (excludes halogenated alkanes) is 3. The maximum absolute atomic E-state index is 11.0. The van der Waals surface area contributed by atoms with E-state index >= 15 is 0 Å². The third-order valence-corrected chi connectivity index (χ3v) is 6.83. The molecule has 0 fully saturated rings. The van der Waals surface area contributed by atoms with Crippen LogP contribution in [0.3, 0.4) is 0 Å². The van der Waals surface area contributed by atoms with E-state index in [0.29, 0.717) is 59.5 Å². The average Bonchev–Trinajstić information content (AvgIpc) is 3.05. The molecule has 4 aromatic rings. The fourth-order valence-corrected chi connectivity index (χ4v) is 4.30. The summed E-state index contributed by atoms with van der Waals surface area (Å²) in [7, 11) is 0. The highest BCUT2D eigenvalue weighted by molar-refractivity contribution is 5.74. The van der Waals surface area contributed by atoms with E-state index in [4.69, 9.17) is 35.3 Å². The number of aromatic nitrogens is 3. The molecule has 0 spiro atoms. The minimum absolute atomic E-state index is 0.0590. The van der Waals surface area contributed by atoms with Gasteiger partial charge in [-0.25, -0.2) is 15.0 Å². The summed E-state index contributed by atoms with van der Waals surface area (Å²) < 4.78 is 23.2. The number of nitrogens with zero attached hydrogens (tertiary/aromatic N) is 3. The van der Waals surface area contributed by atoms with Crippen molar-refractivity contribution in [2.45, 2.75) is 59.3 Å². The number of benzene rings is 3. The van der Waals surface area contributed by atoms with E-state index in [1.165, 1.54) is 12.1 Å². The number of ether oxygens (including phenoxy) is 4. The van der Waals surface area contributed by atoms with Gasteiger partial charge in [-0.3, -0.25) is 0 Å². The Hall–Kier alpha value is -5.41. The normalized spacial score (nSPS) is 10.4. The van der Waals surface area contributed by atoms with E-state index in [1.807, 2.05) is 18.2 Å². The van der Waals surface area contributed by atoms with E-state index in [0.717, 1.165) is 38.5 Å². The van der Waals surface area contributed by atoms with E-state index in [-0.39, 0.29) is 29.0 Å². The van der Waals surface area contributed by atoms with Gasteiger partial charge in [-0.15, -0.1) is 6.42 Å². The van der Waals surface area contributed by atoms with E-state index in [9.17, 15) is 10.2 Å². The Morgan fingerprint density at radius 1 is 0.609 bits per heavy atom. The molecular weight excluding hydrogens is 582 g/mol. The molecule has 0 radical (unpaired) electrons. The molecule has 0 aliphatic carbocycles. The van der Waals surface area contributed by atoms with Crippen molar-refractivity contribution in [3.8, 4) is 93.0 Å². The Labute approximate surface area is 270 Å². The van der Waals surface area contributed by atoms with Gasteiger partial charge >= 0.3 is 0 Å².